The number of nitrogens with one attached hydrogen (secondary N) is 2. The van der Waals surface area contributed by atoms with Gasteiger partial charge < -0.3 is 5.32 Å². The Morgan fingerprint density at radius 1 is 1.24 bits per heavy atom. The van der Waals surface area contributed by atoms with Gasteiger partial charge in [0.2, 0.25) is 5.91 Å². The minimum absolute atomic E-state index is 0.163. The van der Waals surface area contributed by atoms with Gasteiger partial charge in [-0.3, -0.25) is 19.9 Å². The maximum Gasteiger partial charge on any atom is 0.328 e. The Hall–Kier alpha value is -2.57. The molecule has 5 amide bonds. The number of hydrogen-bond acceptors (Lipinski definition) is 3. The van der Waals surface area contributed by atoms with Crippen molar-refractivity contribution in [2.45, 2.75) is 12.8 Å². The van der Waals surface area contributed by atoms with E-state index in [1.165, 1.54) is 4.90 Å². The first-order valence-corrected chi connectivity index (χ1v) is 6.83. The zero-order valence-corrected chi connectivity index (χ0v) is 11.7. The predicted molar refractivity (Wildman–Crippen MR) is 77.4 cm³/mol. The Balaban J connectivity index is 1.91. The number of imide groups is 1. The molecule has 110 valence electrons. The van der Waals surface area contributed by atoms with Crippen LogP contribution >= 0.6 is 0 Å². The fourth-order valence-corrected chi connectivity index (χ4v) is 2.69. The molecule has 7 heteroatoms. The standard InChI is InChI=1S/C14H16N4O3/c1-15-13(20)18-6-4-9-2-3-10(8-11(9)18)17-7-5-12(19)16-14(17)21/h2-3,8H,4-7H2,1H3,(H,15,20)(H,16,19,21). The van der Waals surface area contributed by atoms with Crippen molar-refractivity contribution in [3.8, 4) is 0 Å². The van der Waals surface area contributed by atoms with Crippen molar-refractivity contribution < 1.29 is 14.4 Å². The maximum atomic E-state index is 11.9. The van der Waals surface area contributed by atoms with Crippen molar-refractivity contribution in [3.63, 3.8) is 0 Å². The van der Waals surface area contributed by atoms with E-state index < -0.39 is 6.03 Å². The predicted octanol–water partition coefficient (Wildman–Crippen LogP) is 0.835. The lowest BCUT2D eigenvalue weighted by Crippen LogP contribution is -2.49. The highest BCUT2D eigenvalue weighted by atomic mass is 16.2. The zero-order valence-electron chi connectivity index (χ0n) is 11.7. The highest BCUT2D eigenvalue weighted by Gasteiger charge is 2.28. The van der Waals surface area contributed by atoms with Crippen LogP contribution in [0, 0.1) is 0 Å². The van der Waals surface area contributed by atoms with Gasteiger partial charge in [0.1, 0.15) is 0 Å². The number of fused-ring (bicyclic) bond motifs is 1. The smallest absolute Gasteiger partial charge is 0.328 e. The van der Waals surface area contributed by atoms with Gasteiger partial charge in [-0.25, -0.2) is 9.59 Å². The summed E-state index contributed by atoms with van der Waals surface area (Å²) in [4.78, 5) is 38.1. The van der Waals surface area contributed by atoms with Crippen LogP contribution in [-0.2, 0) is 11.2 Å². The van der Waals surface area contributed by atoms with Crippen molar-refractivity contribution in [1.29, 1.82) is 0 Å². The molecule has 0 saturated carbocycles. The monoisotopic (exact) mass is 288 g/mol. The summed E-state index contributed by atoms with van der Waals surface area (Å²) in [7, 11) is 1.59. The molecule has 2 aliphatic rings. The summed E-state index contributed by atoms with van der Waals surface area (Å²) in [5.41, 5.74) is 2.59. The van der Waals surface area contributed by atoms with Crippen LogP contribution in [0.1, 0.15) is 12.0 Å². The van der Waals surface area contributed by atoms with Crippen molar-refractivity contribution in [3.05, 3.63) is 23.8 Å². The topological polar surface area (TPSA) is 81.8 Å². The number of carbonyl (C=O) groups excluding carboxylic acids is 3. The van der Waals surface area contributed by atoms with Gasteiger partial charge in [-0.05, 0) is 24.1 Å². The molecule has 1 aromatic rings. The van der Waals surface area contributed by atoms with E-state index in [0.717, 1.165) is 17.7 Å². The third-order valence-corrected chi connectivity index (χ3v) is 3.79. The quantitative estimate of drug-likeness (QED) is 0.803. The number of benzene rings is 1. The summed E-state index contributed by atoms with van der Waals surface area (Å²) in [5, 5.41) is 4.91. The Morgan fingerprint density at radius 3 is 2.76 bits per heavy atom. The molecule has 1 aromatic carbocycles. The summed E-state index contributed by atoms with van der Waals surface area (Å²) in [6.07, 6.45) is 1.08. The highest BCUT2D eigenvalue weighted by Crippen LogP contribution is 2.32. The first-order chi connectivity index (χ1) is 10.1. The number of nitrogens with zero attached hydrogens (tertiary/aromatic N) is 2. The lowest BCUT2D eigenvalue weighted by atomic mass is 10.1. The average molecular weight is 288 g/mol. The SMILES string of the molecule is CNC(=O)N1CCc2ccc(N3CCC(=O)NC3=O)cc21. The van der Waals surface area contributed by atoms with E-state index in [4.69, 9.17) is 0 Å². The van der Waals surface area contributed by atoms with Crippen molar-refractivity contribution in [2.24, 2.45) is 0 Å². The second-order valence-electron chi connectivity index (χ2n) is 5.02. The fourth-order valence-electron chi connectivity index (χ4n) is 2.69. The van der Waals surface area contributed by atoms with Crippen LogP contribution in [0.2, 0.25) is 0 Å². The minimum atomic E-state index is -0.421. The number of amides is 5. The van der Waals surface area contributed by atoms with Crippen LogP contribution in [0.25, 0.3) is 0 Å². The Labute approximate surface area is 121 Å². The van der Waals surface area contributed by atoms with Gasteiger partial charge in [-0.1, -0.05) is 6.07 Å². The van der Waals surface area contributed by atoms with Crippen LogP contribution in [-0.4, -0.2) is 38.1 Å². The molecule has 2 aliphatic heterocycles. The molecule has 1 saturated heterocycles. The number of rotatable bonds is 1. The molecule has 2 heterocycles. The largest absolute Gasteiger partial charge is 0.341 e. The van der Waals surface area contributed by atoms with E-state index in [0.29, 0.717) is 18.8 Å². The number of urea groups is 2. The van der Waals surface area contributed by atoms with Gasteiger partial charge in [0.05, 0.1) is 5.69 Å². The Kier molecular flexibility index (Phi) is 3.25. The van der Waals surface area contributed by atoms with E-state index in [1.54, 1.807) is 11.9 Å². The molecular weight excluding hydrogens is 272 g/mol. The number of carbonyl (C=O) groups is 3. The Morgan fingerprint density at radius 2 is 2.05 bits per heavy atom. The van der Waals surface area contributed by atoms with E-state index in [9.17, 15) is 14.4 Å². The zero-order chi connectivity index (χ0) is 15.0. The molecule has 0 bridgehead atoms. The van der Waals surface area contributed by atoms with Gasteiger partial charge in [0.25, 0.3) is 0 Å². The van der Waals surface area contributed by atoms with Crippen molar-refractivity contribution in [1.82, 2.24) is 10.6 Å². The molecule has 0 aliphatic carbocycles. The van der Waals surface area contributed by atoms with E-state index >= 15 is 0 Å². The molecule has 0 aromatic heterocycles. The van der Waals surface area contributed by atoms with Gasteiger partial charge >= 0.3 is 12.1 Å². The average Bonchev–Trinajstić information content (AvgIpc) is 2.89. The maximum absolute atomic E-state index is 11.9. The lowest BCUT2D eigenvalue weighted by Gasteiger charge is -2.27. The molecular formula is C14H16N4O3. The number of hydrogen-bond donors (Lipinski definition) is 2. The van der Waals surface area contributed by atoms with Gasteiger partial charge in [-0.15, -0.1) is 0 Å². The molecule has 1 fully saturated rings. The summed E-state index contributed by atoms with van der Waals surface area (Å²) in [6.45, 7) is 0.979. The molecule has 2 N–H and O–H groups in total. The van der Waals surface area contributed by atoms with E-state index in [1.807, 2.05) is 18.2 Å². The van der Waals surface area contributed by atoms with Crippen molar-refractivity contribution >= 4 is 29.3 Å². The molecule has 3 rings (SSSR count). The fraction of sp³-hybridized carbons (Fsp3) is 0.357. The molecule has 7 nitrogen and oxygen atoms in total. The van der Waals surface area contributed by atoms with Crippen LogP contribution in [0.3, 0.4) is 0 Å². The molecule has 0 spiro atoms. The van der Waals surface area contributed by atoms with Crippen LogP contribution < -0.4 is 20.4 Å². The first kappa shape index (κ1) is 13.4. The van der Waals surface area contributed by atoms with Crippen LogP contribution in [0.15, 0.2) is 18.2 Å². The van der Waals surface area contributed by atoms with Gasteiger partial charge in [0.15, 0.2) is 0 Å². The van der Waals surface area contributed by atoms with Gasteiger partial charge in [0, 0.05) is 32.2 Å². The normalized spacial score (nSPS) is 17.6. The lowest BCUT2D eigenvalue weighted by molar-refractivity contribution is -0.120. The minimum Gasteiger partial charge on any atom is -0.341 e. The summed E-state index contributed by atoms with van der Waals surface area (Å²) >= 11 is 0. The highest BCUT2D eigenvalue weighted by molar-refractivity contribution is 6.06. The second-order valence-corrected chi connectivity index (χ2v) is 5.02. The molecule has 0 radical (unpaired) electrons. The number of anilines is 2. The first-order valence-electron chi connectivity index (χ1n) is 6.83. The summed E-state index contributed by atoms with van der Waals surface area (Å²) in [6, 6.07) is 5.02. The Bertz CT molecular complexity index is 629. The van der Waals surface area contributed by atoms with E-state index in [-0.39, 0.29) is 18.4 Å². The third-order valence-electron chi connectivity index (χ3n) is 3.79. The van der Waals surface area contributed by atoms with Crippen molar-refractivity contribution in [2.75, 3.05) is 29.9 Å². The van der Waals surface area contributed by atoms with Crippen LogP contribution in [0.5, 0.6) is 0 Å². The second kappa shape index (κ2) is 5.08. The third kappa shape index (κ3) is 2.31. The summed E-state index contributed by atoms with van der Waals surface area (Å²) in [5.74, 6) is -0.260. The summed E-state index contributed by atoms with van der Waals surface area (Å²) < 4.78 is 0. The van der Waals surface area contributed by atoms with Crippen LogP contribution in [0.4, 0.5) is 21.0 Å². The molecule has 21 heavy (non-hydrogen) atoms. The molecule has 0 unspecified atom stereocenters. The van der Waals surface area contributed by atoms with Gasteiger partial charge in [-0.2, -0.15) is 0 Å². The van der Waals surface area contributed by atoms with E-state index in [2.05, 4.69) is 10.6 Å². The molecule has 0 atom stereocenters.